The van der Waals surface area contributed by atoms with Crippen LogP contribution in [0.25, 0.3) is 0 Å². The molecule has 1 aliphatic rings. The molecule has 1 heteroatoms. The van der Waals surface area contributed by atoms with E-state index in [0.29, 0.717) is 0 Å². The largest absolute Gasteiger partial charge is 0.388 e. The first kappa shape index (κ1) is 15.6. The van der Waals surface area contributed by atoms with E-state index in [1.807, 2.05) is 0 Å². The topological polar surface area (TPSA) is 20.2 Å². The van der Waals surface area contributed by atoms with Crippen LogP contribution in [-0.2, 0) is 0 Å². The highest BCUT2D eigenvalue weighted by Crippen LogP contribution is 2.43. The number of benzene rings is 1. The highest BCUT2D eigenvalue weighted by molar-refractivity contribution is 5.34. The summed E-state index contributed by atoms with van der Waals surface area (Å²) in [6.45, 7) is 2.26. The van der Waals surface area contributed by atoms with Gasteiger partial charge in [-0.2, -0.15) is 0 Å². The fraction of sp³-hybridized carbons (Fsp3) is 0.684. The van der Waals surface area contributed by atoms with Gasteiger partial charge in [0.2, 0.25) is 0 Å². The fourth-order valence-electron chi connectivity index (χ4n) is 3.03. The molecule has 0 radical (unpaired) electrons. The summed E-state index contributed by atoms with van der Waals surface area (Å²) in [4.78, 5) is 0. The number of aliphatic hydroxyl groups is 1. The third-order valence-corrected chi connectivity index (χ3v) is 4.45. The van der Waals surface area contributed by atoms with Crippen molar-refractivity contribution in [2.24, 2.45) is 0 Å². The predicted octanol–water partition coefficient (Wildman–Crippen LogP) is 5.74. The molecule has 0 heterocycles. The highest BCUT2D eigenvalue weighted by Gasteiger charge is 2.27. The smallest absolute Gasteiger partial charge is 0.0792 e. The molecule has 1 saturated carbocycles. The minimum absolute atomic E-state index is 0.248. The van der Waals surface area contributed by atoms with Gasteiger partial charge in [-0.05, 0) is 36.3 Å². The van der Waals surface area contributed by atoms with Crippen molar-refractivity contribution in [1.29, 1.82) is 0 Å². The van der Waals surface area contributed by atoms with E-state index >= 15 is 0 Å². The summed E-state index contributed by atoms with van der Waals surface area (Å²) in [5.74, 6) is 0.731. The lowest BCUT2D eigenvalue weighted by Crippen LogP contribution is -2.01. The van der Waals surface area contributed by atoms with E-state index < -0.39 is 0 Å². The third-order valence-electron chi connectivity index (χ3n) is 4.45. The Kier molecular flexibility index (Phi) is 6.59. The molecule has 0 saturated heterocycles. The van der Waals surface area contributed by atoms with Gasteiger partial charge >= 0.3 is 0 Å². The second-order valence-electron chi connectivity index (χ2n) is 6.33. The Morgan fingerprint density at radius 1 is 1.00 bits per heavy atom. The van der Waals surface area contributed by atoms with Gasteiger partial charge in [-0.1, -0.05) is 76.1 Å². The molecular weight excluding hydrogens is 244 g/mol. The average molecular weight is 274 g/mol. The van der Waals surface area contributed by atoms with Crippen LogP contribution in [0.15, 0.2) is 24.3 Å². The first-order valence-electron chi connectivity index (χ1n) is 8.59. The van der Waals surface area contributed by atoms with Crippen molar-refractivity contribution in [1.82, 2.24) is 0 Å². The Bertz CT molecular complexity index is 381. The molecule has 1 aliphatic carbocycles. The lowest BCUT2D eigenvalue weighted by atomic mass is 9.95. The predicted molar refractivity (Wildman–Crippen MR) is 86.0 cm³/mol. The molecule has 2 rings (SSSR count). The minimum Gasteiger partial charge on any atom is -0.388 e. The molecule has 1 N–H and O–H groups in total. The van der Waals surface area contributed by atoms with E-state index in [-0.39, 0.29) is 6.10 Å². The molecule has 20 heavy (non-hydrogen) atoms. The second-order valence-corrected chi connectivity index (χ2v) is 6.33. The first-order valence-corrected chi connectivity index (χ1v) is 8.59. The molecule has 1 aromatic rings. The van der Waals surface area contributed by atoms with Gasteiger partial charge in [-0.25, -0.2) is 0 Å². The summed E-state index contributed by atoms with van der Waals surface area (Å²) in [5.41, 5.74) is 2.60. The maximum absolute atomic E-state index is 10.4. The molecular formula is C19H30O. The van der Waals surface area contributed by atoms with E-state index in [0.717, 1.165) is 18.8 Å². The van der Waals surface area contributed by atoms with Crippen LogP contribution in [0.1, 0.15) is 94.3 Å². The van der Waals surface area contributed by atoms with Crippen LogP contribution in [0.5, 0.6) is 0 Å². The van der Waals surface area contributed by atoms with Crippen LogP contribution in [-0.4, -0.2) is 5.11 Å². The van der Waals surface area contributed by atoms with Crippen molar-refractivity contribution in [2.75, 3.05) is 0 Å². The molecule has 1 unspecified atom stereocenters. The Morgan fingerprint density at radius 3 is 2.35 bits per heavy atom. The third kappa shape index (κ3) is 4.94. The highest BCUT2D eigenvalue weighted by atomic mass is 16.3. The molecule has 0 spiro atoms. The van der Waals surface area contributed by atoms with Gasteiger partial charge in [0, 0.05) is 0 Å². The summed E-state index contributed by atoms with van der Waals surface area (Å²) in [6.07, 6.45) is 12.5. The van der Waals surface area contributed by atoms with E-state index in [1.54, 1.807) is 0 Å². The molecule has 0 amide bonds. The molecule has 1 fully saturated rings. The van der Waals surface area contributed by atoms with E-state index in [4.69, 9.17) is 0 Å². The minimum atomic E-state index is -0.248. The van der Waals surface area contributed by atoms with Crippen LogP contribution < -0.4 is 0 Å². The zero-order valence-corrected chi connectivity index (χ0v) is 13.0. The number of hydrogen-bond acceptors (Lipinski definition) is 1. The van der Waals surface area contributed by atoms with Crippen LogP contribution in [0, 0.1) is 0 Å². The van der Waals surface area contributed by atoms with Gasteiger partial charge in [0.15, 0.2) is 0 Å². The Labute approximate surface area is 124 Å². The van der Waals surface area contributed by atoms with Crippen LogP contribution >= 0.6 is 0 Å². The zero-order chi connectivity index (χ0) is 14.2. The fourth-order valence-corrected chi connectivity index (χ4v) is 3.03. The summed E-state index contributed by atoms with van der Waals surface area (Å²) in [7, 11) is 0. The van der Waals surface area contributed by atoms with E-state index in [9.17, 15) is 5.11 Å². The molecule has 0 aliphatic heterocycles. The van der Waals surface area contributed by atoms with Crippen molar-refractivity contribution in [3.05, 3.63) is 35.4 Å². The van der Waals surface area contributed by atoms with Crippen molar-refractivity contribution >= 4 is 0 Å². The van der Waals surface area contributed by atoms with Gasteiger partial charge < -0.3 is 5.11 Å². The van der Waals surface area contributed by atoms with Crippen molar-refractivity contribution in [3.8, 4) is 0 Å². The SMILES string of the molecule is CCCCCCCCCC(O)c1ccccc1C1CC1. The molecule has 0 aromatic heterocycles. The van der Waals surface area contributed by atoms with Gasteiger partial charge in [-0.3, -0.25) is 0 Å². The molecule has 112 valence electrons. The summed E-state index contributed by atoms with van der Waals surface area (Å²) in [6, 6.07) is 8.51. The van der Waals surface area contributed by atoms with Crippen LogP contribution in [0.3, 0.4) is 0 Å². The lowest BCUT2D eigenvalue weighted by Gasteiger charge is -2.15. The van der Waals surface area contributed by atoms with Crippen molar-refractivity contribution < 1.29 is 5.11 Å². The molecule has 1 nitrogen and oxygen atoms in total. The average Bonchev–Trinajstić information content (AvgIpc) is 3.31. The van der Waals surface area contributed by atoms with E-state index in [1.165, 1.54) is 62.5 Å². The van der Waals surface area contributed by atoms with Crippen LogP contribution in [0.2, 0.25) is 0 Å². The maximum Gasteiger partial charge on any atom is 0.0792 e. The monoisotopic (exact) mass is 274 g/mol. The zero-order valence-electron chi connectivity index (χ0n) is 13.0. The summed E-state index contributed by atoms with van der Waals surface area (Å²) in [5, 5.41) is 10.4. The number of unbranched alkanes of at least 4 members (excludes halogenated alkanes) is 6. The standard InChI is InChI=1S/C19H30O/c1-2-3-4-5-6-7-8-13-19(20)18-12-10-9-11-17(18)16-14-15-16/h9-12,16,19-20H,2-8,13-15H2,1H3. The Hall–Kier alpha value is -0.820. The summed E-state index contributed by atoms with van der Waals surface area (Å²) >= 11 is 0. The van der Waals surface area contributed by atoms with E-state index in [2.05, 4.69) is 31.2 Å². The van der Waals surface area contributed by atoms with Gasteiger partial charge in [0.25, 0.3) is 0 Å². The number of aliphatic hydroxyl groups excluding tert-OH is 1. The van der Waals surface area contributed by atoms with Gasteiger partial charge in [0.05, 0.1) is 6.10 Å². The van der Waals surface area contributed by atoms with Crippen LogP contribution in [0.4, 0.5) is 0 Å². The quantitative estimate of drug-likeness (QED) is 0.539. The van der Waals surface area contributed by atoms with Gasteiger partial charge in [-0.15, -0.1) is 0 Å². The Morgan fingerprint density at radius 2 is 1.65 bits per heavy atom. The number of rotatable bonds is 10. The van der Waals surface area contributed by atoms with Gasteiger partial charge in [0.1, 0.15) is 0 Å². The number of hydrogen-bond donors (Lipinski definition) is 1. The normalized spacial score (nSPS) is 16.3. The maximum atomic E-state index is 10.4. The molecule has 1 aromatic carbocycles. The molecule has 0 bridgehead atoms. The van der Waals surface area contributed by atoms with Crippen molar-refractivity contribution in [2.45, 2.75) is 83.2 Å². The lowest BCUT2D eigenvalue weighted by molar-refractivity contribution is 0.162. The summed E-state index contributed by atoms with van der Waals surface area (Å²) < 4.78 is 0. The van der Waals surface area contributed by atoms with Crippen molar-refractivity contribution in [3.63, 3.8) is 0 Å². The second kappa shape index (κ2) is 8.46. The Balaban J connectivity index is 1.68. The molecule has 1 atom stereocenters. The first-order chi connectivity index (χ1) is 9.83.